The van der Waals surface area contributed by atoms with Gasteiger partial charge in [-0.05, 0) is 0 Å². The summed E-state index contributed by atoms with van der Waals surface area (Å²) in [4.78, 5) is 0. The number of hydrogen-bond donors (Lipinski definition) is 0. The molecule has 52 valence electrons. The molecule has 0 bridgehead atoms. The van der Waals surface area contributed by atoms with Crippen molar-refractivity contribution in [2.24, 2.45) is 0 Å². The zero-order chi connectivity index (χ0) is 2.71. The molecule has 3 heteroatoms. The Labute approximate surface area is 75.0 Å². The third-order valence-electron chi connectivity index (χ3n) is 0. The van der Waals surface area contributed by atoms with Crippen LogP contribution in [0.2, 0.25) is 0 Å². The van der Waals surface area contributed by atoms with Gasteiger partial charge < -0.3 is 27.0 Å². The SMILES string of the molecule is C.CCC.[Pd+2].[SH-].[SH-]. The van der Waals surface area contributed by atoms with Gasteiger partial charge in [-0.1, -0.05) is 27.7 Å². The monoisotopic (exact) mass is 232 g/mol. The first-order valence-electron chi connectivity index (χ1n) is 1.41. The predicted octanol–water partition coefficient (Wildman–Crippen LogP) is 1.51. The standard InChI is InChI=1S/C3H8.CH4.Pd.2H2S/c1-3-2;;;;/h3H2,1-2H3;1H4;;2*1H2/q;;+2;;/p-2. The van der Waals surface area contributed by atoms with Gasteiger partial charge in [0.05, 0.1) is 0 Å². The zero-order valence-electron chi connectivity index (χ0n) is 3.92. The quantitative estimate of drug-likeness (QED) is 0.353. The van der Waals surface area contributed by atoms with Gasteiger partial charge in [0.25, 0.3) is 0 Å². The van der Waals surface area contributed by atoms with Gasteiger partial charge in [0, 0.05) is 0 Å². The van der Waals surface area contributed by atoms with Crippen molar-refractivity contribution in [3.63, 3.8) is 0 Å². The summed E-state index contributed by atoms with van der Waals surface area (Å²) in [5.41, 5.74) is 0. The molecule has 0 heterocycles. The molecule has 0 fully saturated rings. The predicted molar refractivity (Wildman–Crippen MR) is 40.2 cm³/mol. The molecule has 0 radical (unpaired) electrons. The van der Waals surface area contributed by atoms with Crippen molar-refractivity contribution < 1.29 is 20.4 Å². The van der Waals surface area contributed by atoms with Crippen LogP contribution in [-0.4, -0.2) is 0 Å². The van der Waals surface area contributed by atoms with Gasteiger partial charge in [-0.25, -0.2) is 0 Å². The van der Waals surface area contributed by atoms with E-state index < -0.39 is 0 Å². The van der Waals surface area contributed by atoms with E-state index in [9.17, 15) is 0 Å². The van der Waals surface area contributed by atoms with E-state index in [4.69, 9.17) is 0 Å². The van der Waals surface area contributed by atoms with Crippen LogP contribution in [0.15, 0.2) is 0 Å². The van der Waals surface area contributed by atoms with E-state index in [1.807, 2.05) is 0 Å². The van der Waals surface area contributed by atoms with Crippen LogP contribution >= 0.6 is 0 Å². The fourth-order valence-corrected chi connectivity index (χ4v) is 0. The molecule has 7 heavy (non-hydrogen) atoms. The molecule has 0 saturated carbocycles. The van der Waals surface area contributed by atoms with Crippen LogP contribution in [-0.2, 0) is 47.4 Å². The van der Waals surface area contributed by atoms with Gasteiger partial charge in [-0.15, -0.1) is 0 Å². The van der Waals surface area contributed by atoms with Gasteiger partial charge in [0.15, 0.2) is 0 Å². The normalized spacial score (nSPS) is 2.57. The smallest absolute Gasteiger partial charge is 0.813 e. The molecule has 0 atom stereocenters. The number of thiol groups is 2. The maximum Gasteiger partial charge on any atom is 2.00 e. The topological polar surface area (TPSA) is 0 Å². The van der Waals surface area contributed by atoms with Crippen LogP contribution in [0, 0.1) is 0 Å². The summed E-state index contributed by atoms with van der Waals surface area (Å²) >= 11 is 0. The maximum absolute atomic E-state index is 2.12. The second kappa shape index (κ2) is 53.4. The average Bonchev–Trinajstić information content (AvgIpc) is 0.918. The van der Waals surface area contributed by atoms with Crippen molar-refractivity contribution in [1.29, 1.82) is 0 Å². The van der Waals surface area contributed by atoms with Gasteiger partial charge in [0.2, 0.25) is 0 Å². The molecule has 0 aliphatic rings. The molecule has 0 spiro atoms. The van der Waals surface area contributed by atoms with Crippen molar-refractivity contribution in [1.82, 2.24) is 0 Å². The summed E-state index contributed by atoms with van der Waals surface area (Å²) < 4.78 is 0. The van der Waals surface area contributed by atoms with Crippen LogP contribution in [0.5, 0.6) is 0 Å². The Bertz CT molecular complexity index is 9.65. The second-order valence-corrected chi connectivity index (χ2v) is 0.707. The van der Waals surface area contributed by atoms with Gasteiger partial charge in [-0.2, -0.15) is 0 Å². The summed E-state index contributed by atoms with van der Waals surface area (Å²) in [6.07, 6.45) is 1.25. The molecular weight excluding hydrogens is 219 g/mol. The Morgan fingerprint density at radius 1 is 1.00 bits per heavy atom. The minimum atomic E-state index is 0. The first kappa shape index (κ1) is 40.1. The Morgan fingerprint density at radius 2 is 1.00 bits per heavy atom. The molecule has 0 aliphatic heterocycles. The molecule has 0 aromatic heterocycles. The van der Waals surface area contributed by atoms with Gasteiger partial charge >= 0.3 is 20.4 Å². The van der Waals surface area contributed by atoms with Crippen molar-refractivity contribution in [3.05, 3.63) is 0 Å². The van der Waals surface area contributed by atoms with Crippen molar-refractivity contribution in [3.8, 4) is 0 Å². The summed E-state index contributed by atoms with van der Waals surface area (Å²) in [7, 11) is 0. The summed E-state index contributed by atoms with van der Waals surface area (Å²) in [5.74, 6) is 0. The minimum absolute atomic E-state index is 0. The van der Waals surface area contributed by atoms with E-state index in [2.05, 4.69) is 13.8 Å². The third-order valence-corrected chi connectivity index (χ3v) is 0. The van der Waals surface area contributed by atoms with Crippen molar-refractivity contribution >= 4 is 27.0 Å². The summed E-state index contributed by atoms with van der Waals surface area (Å²) in [6, 6.07) is 0. The first-order chi connectivity index (χ1) is 1.41. The first-order valence-corrected chi connectivity index (χ1v) is 1.41. The Balaban J connectivity index is -0.00000000333. The average molecular weight is 233 g/mol. The van der Waals surface area contributed by atoms with Crippen LogP contribution in [0.25, 0.3) is 0 Å². The maximum atomic E-state index is 2.12. The third kappa shape index (κ3) is 114. The van der Waals surface area contributed by atoms with Crippen molar-refractivity contribution in [2.45, 2.75) is 27.7 Å². The van der Waals surface area contributed by atoms with Gasteiger partial charge in [-0.3, -0.25) is 0 Å². The number of rotatable bonds is 0. The zero-order valence-corrected chi connectivity index (χ0v) is 7.26. The van der Waals surface area contributed by atoms with Crippen LogP contribution in [0.3, 0.4) is 0 Å². The van der Waals surface area contributed by atoms with Crippen LogP contribution in [0.4, 0.5) is 0 Å². The largest absolute Gasteiger partial charge is 2.00 e. The van der Waals surface area contributed by atoms with Crippen LogP contribution < -0.4 is 0 Å². The molecule has 0 rings (SSSR count). The van der Waals surface area contributed by atoms with E-state index in [0.717, 1.165) is 0 Å². The van der Waals surface area contributed by atoms with Crippen molar-refractivity contribution in [2.75, 3.05) is 0 Å². The Kier molecular flexibility index (Phi) is 306. The molecule has 0 aromatic rings. The molecule has 0 N–H and O–H groups in total. The fourth-order valence-electron chi connectivity index (χ4n) is 0. The molecule has 0 nitrogen and oxygen atoms in total. The molecule has 0 unspecified atom stereocenters. The molecule has 0 aromatic carbocycles. The van der Waals surface area contributed by atoms with Gasteiger partial charge in [0.1, 0.15) is 0 Å². The van der Waals surface area contributed by atoms with E-state index in [-0.39, 0.29) is 54.8 Å². The summed E-state index contributed by atoms with van der Waals surface area (Å²) in [6.45, 7) is 4.25. The molecule has 0 amide bonds. The number of hydrogen-bond acceptors (Lipinski definition) is 2. The van der Waals surface area contributed by atoms with E-state index in [1.54, 1.807) is 0 Å². The minimum Gasteiger partial charge on any atom is -0.813 e. The molecular formula is C4H14PdS2. The second-order valence-electron chi connectivity index (χ2n) is 0.707. The molecule has 0 aliphatic carbocycles. The summed E-state index contributed by atoms with van der Waals surface area (Å²) in [5, 5.41) is 0. The van der Waals surface area contributed by atoms with Crippen LogP contribution in [0.1, 0.15) is 27.7 Å². The Hall–Kier alpha value is 1.36. The van der Waals surface area contributed by atoms with E-state index in [0.29, 0.717) is 0 Å². The van der Waals surface area contributed by atoms with E-state index >= 15 is 0 Å². The van der Waals surface area contributed by atoms with E-state index in [1.165, 1.54) is 6.42 Å². The molecule has 0 saturated heterocycles. The fraction of sp³-hybridized carbons (Fsp3) is 1.00. The Morgan fingerprint density at radius 3 is 1.00 bits per heavy atom.